The fraction of sp³-hybridized carbons (Fsp3) is 0.375. The number of nitrogens with one attached hydrogen (secondary N) is 2. The summed E-state index contributed by atoms with van der Waals surface area (Å²) in [5.41, 5.74) is 1.17. The molecule has 23 heavy (non-hydrogen) atoms. The average molecular weight is 315 g/mol. The lowest BCUT2D eigenvalue weighted by Crippen LogP contribution is -2.54. The fourth-order valence-corrected chi connectivity index (χ4v) is 2.98. The summed E-state index contributed by atoms with van der Waals surface area (Å²) in [4.78, 5) is 49.2. The van der Waals surface area contributed by atoms with Gasteiger partial charge >= 0.3 is 0 Å². The quantitative estimate of drug-likeness (QED) is 0.737. The van der Waals surface area contributed by atoms with Gasteiger partial charge in [0.05, 0.1) is 5.92 Å². The molecule has 0 bridgehead atoms. The van der Waals surface area contributed by atoms with Crippen molar-refractivity contribution in [1.82, 2.24) is 15.5 Å². The van der Waals surface area contributed by atoms with Crippen LogP contribution in [0.3, 0.4) is 0 Å². The Morgan fingerprint density at radius 1 is 1.26 bits per heavy atom. The van der Waals surface area contributed by atoms with Crippen molar-refractivity contribution in [1.29, 1.82) is 0 Å². The van der Waals surface area contributed by atoms with Crippen LogP contribution in [0.15, 0.2) is 24.3 Å². The van der Waals surface area contributed by atoms with E-state index in [1.807, 2.05) is 0 Å². The van der Waals surface area contributed by atoms with Crippen LogP contribution in [0.5, 0.6) is 0 Å². The average Bonchev–Trinajstić information content (AvgIpc) is 2.53. The number of nitrogens with zero attached hydrogens (tertiary/aromatic N) is 1. The van der Waals surface area contributed by atoms with Gasteiger partial charge in [0.25, 0.3) is 5.91 Å². The molecule has 1 saturated heterocycles. The zero-order valence-corrected chi connectivity index (χ0v) is 12.7. The summed E-state index contributed by atoms with van der Waals surface area (Å²) in [5.74, 6) is -1.77. The second kappa shape index (κ2) is 5.83. The van der Waals surface area contributed by atoms with Crippen LogP contribution in [0.2, 0.25) is 0 Å². The molecule has 1 fully saturated rings. The van der Waals surface area contributed by atoms with Gasteiger partial charge in [0.2, 0.25) is 17.7 Å². The summed E-state index contributed by atoms with van der Waals surface area (Å²) < 4.78 is 0. The van der Waals surface area contributed by atoms with Gasteiger partial charge in [0.1, 0.15) is 6.04 Å². The first kappa shape index (κ1) is 15.2. The zero-order valence-electron chi connectivity index (χ0n) is 12.7. The number of hydrogen-bond acceptors (Lipinski definition) is 4. The van der Waals surface area contributed by atoms with Crippen molar-refractivity contribution >= 4 is 23.6 Å². The van der Waals surface area contributed by atoms with Gasteiger partial charge in [-0.2, -0.15) is 0 Å². The molecule has 7 heteroatoms. The van der Waals surface area contributed by atoms with E-state index >= 15 is 0 Å². The van der Waals surface area contributed by atoms with E-state index < -0.39 is 17.9 Å². The number of imide groups is 1. The van der Waals surface area contributed by atoms with Crippen molar-refractivity contribution in [3.8, 4) is 0 Å². The molecule has 120 valence electrons. The van der Waals surface area contributed by atoms with E-state index in [2.05, 4.69) is 10.6 Å². The van der Waals surface area contributed by atoms with Crippen molar-refractivity contribution in [2.75, 3.05) is 13.6 Å². The molecule has 0 saturated carbocycles. The number of likely N-dealkylation sites (N-methyl/N-ethyl adjacent to an activating group) is 1. The van der Waals surface area contributed by atoms with Crippen molar-refractivity contribution < 1.29 is 19.2 Å². The predicted octanol–water partition coefficient (Wildman–Crippen LogP) is -0.223. The normalized spacial score (nSPS) is 24.0. The van der Waals surface area contributed by atoms with Crippen LogP contribution in [0.4, 0.5) is 0 Å². The number of amides is 4. The van der Waals surface area contributed by atoms with E-state index in [9.17, 15) is 19.2 Å². The molecular formula is C16H17N3O4. The summed E-state index contributed by atoms with van der Waals surface area (Å²) in [7, 11) is 1.64. The molecule has 7 nitrogen and oxygen atoms in total. The highest BCUT2D eigenvalue weighted by atomic mass is 16.2. The Morgan fingerprint density at radius 3 is 2.74 bits per heavy atom. The second-order valence-corrected chi connectivity index (χ2v) is 5.84. The van der Waals surface area contributed by atoms with Gasteiger partial charge in [-0.3, -0.25) is 24.5 Å². The third-order valence-corrected chi connectivity index (χ3v) is 4.24. The standard InChI is InChI=1S/C16H17N3O4/c1-19-8-11(9-4-2-3-5-10(9)16(19)23)14(21)17-12-6-7-13(20)18-15(12)22/h2-5,11-12H,6-8H2,1H3,(H,17,21)(H,18,20,22). The number of carbonyl (C=O) groups is 4. The summed E-state index contributed by atoms with van der Waals surface area (Å²) in [6.45, 7) is 0.259. The third kappa shape index (κ3) is 2.81. The summed E-state index contributed by atoms with van der Waals surface area (Å²) in [6.07, 6.45) is 0.496. The molecule has 0 radical (unpaired) electrons. The van der Waals surface area contributed by atoms with Crippen LogP contribution < -0.4 is 10.6 Å². The molecule has 2 heterocycles. The first-order valence-corrected chi connectivity index (χ1v) is 7.46. The molecule has 2 atom stereocenters. The zero-order chi connectivity index (χ0) is 16.6. The van der Waals surface area contributed by atoms with E-state index in [0.717, 1.165) is 0 Å². The molecule has 2 aliphatic heterocycles. The number of benzene rings is 1. The number of rotatable bonds is 2. The van der Waals surface area contributed by atoms with Gasteiger partial charge in [-0.1, -0.05) is 18.2 Å². The lowest BCUT2D eigenvalue weighted by molar-refractivity contribution is -0.137. The Kier molecular flexibility index (Phi) is 3.85. The second-order valence-electron chi connectivity index (χ2n) is 5.84. The minimum Gasteiger partial charge on any atom is -0.344 e. The van der Waals surface area contributed by atoms with Crippen molar-refractivity contribution in [3.63, 3.8) is 0 Å². The van der Waals surface area contributed by atoms with Crippen molar-refractivity contribution in [2.45, 2.75) is 24.8 Å². The van der Waals surface area contributed by atoms with Crippen molar-refractivity contribution in [2.24, 2.45) is 0 Å². The van der Waals surface area contributed by atoms with Gasteiger partial charge in [0.15, 0.2) is 0 Å². The molecule has 1 aromatic rings. The maximum absolute atomic E-state index is 12.6. The van der Waals surface area contributed by atoms with Crippen LogP contribution in [0.25, 0.3) is 0 Å². The summed E-state index contributed by atoms with van der Waals surface area (Å²) in [5, 5.41) is 4.91. The molecule has 1 aromatic carbocycles. The molecule has 2 unspecified atom stereocenters. The third-order valence-electron chi connectivity index (χ3n) is 4.24. The number of fused-ring (bicyclic) bond motifs is 1. The lowest BCUT2D eigenvalue weighted by Gasteiger charge is -2.32. The number of carbonyl (C=O) groups excluding carboxylic acids is 4. The molecule has 3 rings (SSSR count). The molecule has 4 amide bonds. The monoisotopic (exact) mass is 315 g/mol. The smallest absolute Gasteiger partial charge is 0.253 e. The van der Waals surface area contributed by atoms with Gasteiger partial charge < -0.3 is 10.2 Å². The van der Waals surface area contributed by atoms with E-state index in [-0.39, 0.29) is 30.7 Å². The Hall–Kier alpha value is -2.70. The SMILES string of the molecule is CN1CC(C(=O)NC2CCC(=O)NC2=O)c2ccccc2C1=O. The molecule has 0 aromatic heterocycles. The molecule has 2 aliphatic rings. The maximum Gasteiger partial charge on any atom is 0.253 e. The van der Waals surface area contributed by atoms with Crippen LogP contribution in [-0.4, -0.2) is 48.2 Å². The van der Waals surface area contributed by atoms with Crippen LogP contribution >= 0.6 is 0 Å². The highest BCUT2D eigenvalue weighted by Crippen LogP contribution is 2.27. The highest BCUT2D eigenvalue weighted by molar-refractivity contribution is 6.03. The fourth-order valence-electron chi connectivity index (χ4n) is 2.98. The summed E-state index contributed by atoms with van der Waals surface area (Å²) in [6, 6.07) is 6.28. The Bertz CT molecular complexity index is 700. The Labute approximate surface area is 133 Å². The Morgan fingerprint density at radius 2 is 2.00 bits per heavy atom. The largest absolute Gasteiger partial charge is 0.344 e. The van der Waals surface area contributed by atoms with E-state index in [1.165, 1.54) is 4.90 Å². The molecule has 2 N–H and O–H groups in total. The molecule has 0 spiro atoms. The van der Waals surface area contributed by atoms with Gasteiger partial charge in [0, 0.05) is 25.6 Å². The van der Waals surface area contributed by atoms with Crippen LogP contribution in [0.1, 0.15) is 34.7 Å². The number of hydrogen-bond donors (Lipinski definition) is 2. The van der Waals surface area contributed by atoms with Crippen molar-refractivity contribution in [3.05, 3.63) is 35.4 Å². The van der Waals surface area contributed by atoms with Gasteiger partial charge in [-0.25, -0.2) is 0 Å². The lowest BCUT2D eigenvalue weighted by atomic mass is 9.88. The highest BCUT2D eigenvalue weighted by Gasteiger charge is 2.36. The minimum absolute atomic E-state index is 0.120. The summed E-state index contributed by atoms with van der Waals surface area (Å²) >= 11 is 0. The van der Waals surface area contributed by atoms with Crippen LogP contribution in [0, 0.1) is 0 Å². The van der Waals surface area contributed by atoms with E-state index in [0.29, 0.717) is 17.5 Å². The van der Waals surface area contributed by atoms with Gasteiger partial charge in [-0.05, 0) is 18.1 Å². The van der Waals surface area contributed by atoms with Crippen LogP contribution in [-0.2, 0) is 14.4 Å². The van der Waals surface area contributed by atoms with E-state index in [4.69, 9.17) is 0 Å². The first-order chi connectivity index (χ1) is 11.0. The van der Waals surface area contributed by atoms with E-state index in [1.54, 1.807) is 31.3 Å². The van der Waals surface area contributed by atoms with Gasteiger partial charge in [-0.15, -0.1) is 0 Å². The molecule has 0 aliphatic carbocycles. The minimum atomic E-state index is -0.713. The molecular weight excluding hydrogens is 298 g/mol. The first-order valence-electron chi connectivity index (χ1n) is 7.46. The maximum atomic E-state index is 12.6. The predicted molar refractivity (Wildman–Crippen MR) is 80.5 cm³/mol. The Balaban J connectivity index is 1.80. The topological polar surface area (TPSA) is 95.6 Å². The number of piperidine rings is 1.